The highest BCUT2D eigenvalue weighted by Crippen LogP contribution is 2.26. The van der Waals surface area contributed by atoms with Crippen molar-refractivity contribution in [3.63, 3.8) is 0 Å². The highest BCUT2D eigenvalue weighted by atomic mass is 35.5. The van der Waals surface area contributed by atoms with E-state index in [1.165, 1.54) is 0 Å². The molecule has 0 radical (unpaired) electrons. The second kappa shape index (κ2) is 6.79. The summed E-state index contributed by atoms with van der Waals surface area (Å²) in [5, 5.41) is 4.90. The predicted octanol–water partition coefficient (Wildman–Crippen LogP) is 3.89. The minimum absolute atomic E-state index is 0.449. The van der Waals surface area contributed by atoms with Gasteiger partial charge >= 0.3 is 0 Å². The van der Waals surface area contributed by atoms with E-state index in [1.54, 1.807) is 23.1 Å². The molecule has 0 spiro atoms. The van der Waals surface area contributed by atoms with Crippen LogP contribution in [-0.2, 0) is 11.0 Å². The zero-order valence-electron chi connectivity index (χ0n) is 15.9. The minimum Gasteiger partial charge on any atom is -0.306 e. The largest absolute Gasteiger partial charge is 0.306 e. The lowest BCUT2D eigenvalue weighted by molar-refractivity contribution is 0.651. The van der Waals surface area contributed by atoms with Crippen molar-refractivity contribution in [2.24, 2.45) is 4.40 Å². The third kappa shape index (κ3) is 3.33. The summed E-state index contributed by atoms with van der Waals surface area (Å²) in [6, 6.07) is 3.86. The fourth-order valence-electron chi connectivity index (χ4n) is 2.72. The van der Waals surface area contributed by atoms with Gasteiger partial charge in [-0.15, -0.1) is 0 Å². The molecule has 28 heavy (non-hydrogen) atoms. The van der Waals surface area contributed by atoms with E-state index >= 15 is 0 Å². The highest BCUT2D eigenvalue weighted by molar-refractivity contribution is 7.85. The Balaban J connectivity index is 1.92. The summed E-state index contributed by atoms with van der Waals surface area (Å²) in [6.07, 6.45) is 8.94. The van der Waals surface area contributed by atoms with Crippen LogP contribution in [0, 0.1) is 6.92 Å². The van der Waals surface area contributed by atoms with Crippen molar-refractivity contribution >= 4 is 40.1 Å². The van der Waals surface area contributed by atoms with E-state index in [4.69, 9.17) is 16.6 Å². The molecule has 0 saturated heterocycles. The number of nitrogens with zero attached hydrogens (tertiary/aromatic N) is 6. The molecular formula is C19H19ClN6OS. The molecule has 0 saturated carbocycles. The maximum Gasteiger partial charge on any atom is 0.174 e. The maximum absolute atomic E-state index is 12.4. The van der Waals surface area contributed by atoms with Gasteiger partial charge in [0.1, 0.15) is 21.7 Å². The number of hydrogen-bond donors (Lipinski definition) is 0. The van der Waals surface area contributed by atoms with Crippen LogP contribution < -0.4 is 0 Å². The Morgan fingerprint density at radius 2 is 2.04 bits per heavy atom. The van der Waals surface area contributed by atoms with Gasteiger partial charge in [-0.1, -0.05) is 11.6 Å². The van der Waals surface area contributed by atoms with Gasteiger partial charge in [0.2, 0.25) is 0 Å². The standard InChI is InChI=1S/C19H19ClN6OS/c1-12-16(20)18-23-17(13-5-6-15-21-7-8-25(15)10-13)14(11-26(18)24-12)9-22-28(27)19(2,3)4/h5-11H,1-4H3/b22-9-/t28-/m0/s1. The van der Waals surface area contributed by atoms with Gasteiger partial charge in [-0.3, -0.25) is 0 Å². The smallest absolute Gasteiger partial charge is 0.174 e. The topological polar surface area (TPSA) is 76.9 Å². The van der Waals surface area contributed by atoms with Crippen molar-refractivity contribution in [1.29, 1.82) is 0 Å². The van der Waals surface area contributed by atoms with E-state index in [2.05, 4.69) is 14.5 Å². The first-order valence-corrected chi connectivity index (χ1v) is 10.2. The van der Waals surface area contributed by atoms with Crippen LogP contribution in [0.4, 0.5) is 0 Å². The van der Waals surface area contributed by atoms with Gasteiger partial charge in [0.25, 0.3) is 0 Å². The van der Waals surface area contributed by atoms with Crippen LogP contribution in [-0.4, -0.2) is 39.2 Å². The normalized spacial score (nSPS) is 13.8. The molecule has 144 valence electrons. The van der Waals surface area contributed by atoms with Crippen molar-refractivity contribution in [2.45, 2.75) is 32.4 Å². The Morgan fingerprint density at radius 3 is 2.79 bits per heavy atom. The van der Waals surface area contributed by atoms with Crippen LogP contribution in [0.3, 0.4) is 0 Å². The van der Waals surface area contributed by atoms with Crippen molar-refractivity contribution in [3.05, 3.63) is 53.2 Å². The van der Waals surface area contributed by atoms with Crippen molar-refractivity contribution in [1.82, 2.24) is 24.0 Å². The van der Waals surface area contributed by atoms with Gasteiger partial charge in [-0.25, -0.2) is 18.7 Å². The molecule has 0 aliphatic heterocycles. The number of aromatic nitrogens is 5. The average molecular weight is 415 g/mol. The molecule has 0 fully saturated rings. The second-order valence-electron chi connectivity index (χ2n) is 7.42. The number of imidazole rings is 1. The molecule has 0 aromatic carbocycles. The molecular weight excluding hydrogens is 396 g/mol. The van der Waals surface area contributed by atoms with Gasteiger partial charge in [0.05, 0.1) is 16.1 Å². The summed E-state index contributed by atoms with van der Waals surface area (Å²) < 4.78 is 19.7. The maximum atomic E-state index is 12.4. The Morgan fingerprint density at radius 1 is 1.25 bits per heavy atom. The molecule has 4 aromatic rings. The highest BCUT2D eigenvalue weighted by Gasteiger charge is 2.19. The molecule has 0 amide bonds. The van der Waals surface area contributed by atoms with E-state index in [1.807, 2.05) is 56.6 Å². The fraction of sp³-hybridized carbons (Fsp3) is 0.263. The molecule has 0 aliphatic rings. The van der Waals surface area contributed by atoms with Gasteiger partial charge < -0.3 is 4.40 Å². The Hall–Kier alpha value is -2.58. The van der Waals surface area contributed by atoms with E-state index in [9.17, 15) is 4.21 Å². The van der Waals surface area contributed by atoms with E-state index < -0.39 is 15.7 Å². The molecule has 4 heterocycles. The number of halogens is 1. The molecule has 4 aromatic heterocycles. The second-order valence-corrected chi connectivity index (χ2v) is 9.73. The summed E-state index contributed by atoms with van der Waals surface area (Å²) in [6.45, 7) is 7.47. The lowest BCUT2D eigenvalue weighted by Crippen LogP contribution is -2.19. The number of hydrogen-bond acceptors (Lipinski definition) is 4. The molecule has 0 bridgehead atoms. The summed E-state index contributed by atoms with van der Waals surface area (Å²) >= 11 is 6.38. The monoisotopic (exact) mass is 414 g/mol. The van der Waals surface area contributed by atoms with Crippen LogP contribution in [0.1, 0.15) is 32.0 Å². The van der Waals surface area contributed by atoms with E-state index in [0.29, 0.717) is 27.6 Å². The van der Waals surface area contributed by atoms with Crippen LogP contribution in [0.25, 0.3) is 22.6 Å². The van der Waals surface area contributed by atoms with Gasteiger partial charge in [0.15, 0.2) is 5.65 Å². The number of pyridine rings is 1. The summed E-state index contributed by atoms with van der Waals surface area (Å²) in [4.78, 5) is 9.01. The van der Waals surface area contributed by atoms with Crippen LogP contribution >= 0.6 is 11.6 Å². The lowest BCUT2D eigenvalue weighted by Gasteiger charge is -2.13. The fourth-order valence-corrected chi connectivity index (χ4v) is 3.41. The van der Waals surface area contributed by atoms with Crippen molar-refractivity contribution in [2.75, 3.05) is 0 Å². The van der Waals surface area contributed by atoms with Gasteiger partial charge in [0, 0.05) is 42.1 Å². The van der Waals surface area contributed by atoms with E-state index in [0.717, 1.165) is 11.2 Å². The molecule has 4 rings (SSSR count). The predicted molar refractivity (Wildman–Crippen MR) is 112 cm³/mol. The Labute approximate surface area is 169 Å². The molecule has 9 heteroatoms. The average Bonchev–Trinajstić information content (AvgIpc) is 3.22. The zero-order valence-corrected chi connectivity index (χ0v) is 17.5. The first-order valence-electron chi connectivity index (χ1n) is 8.69. The molecule has 0 N–H and O–H groups in total. The van der Waals surface area contributed by atoms with Gasteiger partial charge in [-0.05, 0) is 39.8 Å². The van der Waals surface area contributed by atoms with Crippen molar-refractivity contribution < 1.29 is 4.21 Å². The number of fused-ring (bicyclic) bond motifs is 2. The lowest BCUT2D eigenvalue weighted by atomic mass is 10.1. The summed E-state index contributed by atoms with van der Waals surface area (Å²) in [5.74, 6) is 0. The Kier molecular flexibility index (Phi) is 4.55. The van der Waals surface area contributed by atoms with Crippen molar-refractivity contribution in [3.8, 4) is 11.3 Å². The summed E-state index contributed by atoms with van der Waals surface area (Å²) in [5.41, 5.74) is 4.34. The zero-order chi connectivity index (χ0) is 20.1. The number of aryl methyl sites for hydroxylation is 1. The number of rotatable bonds is 3. The summed E-state index contributed by atoms with van der Waals surface area (Å²) in [7, 11) is -1.38. The molecule has 1 atom stereocenters. The van der Waals surface area contributed by atoms with Crippen LogP contribution in [0.5, 0.6) is 0 Å². The quantitative estimate of drug-likeness (QED) is 0.476. The molecule has 7 nitrogen and oxygen atoms in total. The van der Waals surface area contributed by atoms with E-state index in [-0.39, 0.29) is 0 Å². The SMILES string of the molecule is Cc1nn2cc(/C=N\[S@@](=O)C(C)(C)C)c(-c3ccc4nccn4c3)nc2c1Cl. The first-order chi connectivity index (χ1) is 13.2. The van der Waals surface area contributed by atoms with Crippen LogP contribution in [0.2, 0.25) is 5.02 Å². The first kappa shape index (κ1) is 18.8. The van der Waals surface area contributed by atoms with Gasteiger partial charge in [-0.2, -0.15) is 9.50 Å². The Bertz CT molecular complexity index is 1250. The minimum atomic E-state index is -1.38. The third-order valence-corrected chi connectivity index (χ3v) is 6.00. The molecule has 0 aliphatic carbocycles. The molecule has 0 unspecified atom stereocenters. The van der Waals surface area contributed by atoms with Crippen LogP contribution in [0.15, 0.2) is 41.3 Å². The third-order valence-electron chi connectivity index (χ3n) is 4.21.